The fourth-order valence-electron chi connectivity index (χ4n) is 3.64. The fraction of sp³-hybridized carbons (Fsp3) is 0.421. The molecular formula is C19H23N5O2. The number of carbonyl (C=O) groups excluding carboxylic acids is 1. The molecule has 26 heavy (non-hydrogen) atoms. The van der Waals surface area contributed by atoms with E-state index in [4.69, 9.17) is 9.72 Å². The van der Waals surface area contributed by atoms with Crippen LogP contribution in [0.2, 0.25) is 0 Å². The molecule has 7 heteroatoms. The molecule has 3 aromatic rings. The van der Waals surface area contributed by atoms with E-state index in [0.717, 1.165) is 43.2 Å². The van der Waals surface area contributed by atoms with Crippen LogP contribution in [0.1, 0.15) is 41.9 Å². The lowest BCUT2D eigenvalue weighted by Crippen LogP contribution is -2.34. The van der Waals surface area contributed by atoms with Crippen molar-refractivity contribution in [1.82, 2.24) is 24.2 Å². The average molecular weight is 353 g/mol. The van der Waals surface area contributed by atoms with E-state index in [2.05, 4.69) is 46.6 Å². The molecule has 0 radical (unpaired) electrons. The van der Waals surface area contributed by atoms with Crippen LogP contribution in [-0.4, -0.2) is 43.9 Å². The zero-order valence-corrected chi connectivity index (χ0v) is 15.3. The first-order valence-corrected chi connectivity index (χ1v) is 8.90. The van der Waals surface area contributed by atoms with Crippen molar-refractivity contribution in [2.75, 3.05) is 13.7 Å². The summed E-state index contributed by atoms with van der Waals surface area (Å²) < 4.78 is 8.97. The molecule has 0 atom stereocenters. The highest BCUT2D eigenvalue weighted by Crippen LogP contribution is 2.23. The predicted molar refractivity (Wildman–Crippen MR) is 97.8 cm³/mol. The Morgan fingerprint density at radius 1 is 1.27 bits per heavy atom. The molecule has 0 N–H and O–H groups in total. The van der Waals surface area contributed by atoms with E-state index in [1.165, 1.54) is 12.6 Å². The first-order valence-electron chi connectivity index (χ1n) is 8.90. The van der Waals surface area contributed by atoms with Gasteiger partial charge < -0.3 is 9.30 Å². The predicted octanol–water partition coefficient (Wildman–Crippen LogP) is 2.62. The molecule has 0 saturated heterocycles. The van der Waals surface area contributed by atoms with Gasteiger partial charge in [-0.1, -0.05) is 12.1 Å². The van der Waals surface area contributed by atoms with Crippen LogP contribution in [0.3, 0.4) is 0 Å². The van der Waals surface area contributed by atoms with Gasteiger partial charge in [0.2, 0.25) is 0 Å². The summed E-state index contributed by atoms with van der Waals surface area (Å²) in [6.45, 7) is 7.51. The number of imidazole rings is 1. The number of benzene rings is 1. The molecule has 0 unspecified atom stereocenters. The van der Waals surface area contributed by atoms with Crippen molar-refractivity contribution in [3.05, 3.63) is 47.5 Å². The standard InChI is InChI=1S/C19H23N5O2/c1-13(2)24-17-7-5-4-6-15(17)20-18(24)12-22-8-9-23-14(11-22)10-16(21-23)19(25)26-3/h4-7,10,13H,8-9,11-12H2,1-3H3. The largest absolute Gasteiger partial charge is 0.464 e. The van der Waals surface area contributed by atoms with Crippen LogP contribution in [0.4, 0.5) is 0 Å². The lowest BCUT2D eigenvalue weighted by Gasteiger charge is -2.27. The normalized spacial score (nSPS) is 14.8. The van der Waals surface area contributed by atoms with Gasteiger partial charge >= 0.3 is 5.97 Å². The summed E-state index contributed by atoms with van der Waals surface area (Å²) in [6.07, 6.45) is 0. The second kappa shape index (κ2) is 6.57. The van der Waals surface area contributed by atoms with Crippen LogP contribution in [0.25, 0.3) is 11.0 Å². The summed E-state index contributed by atoms with van der Waals surface area (Å²) in [5, 5.41) is 4.34. The fourth-order valence-corrected chi connectivity index (χ4v) is 3.64. The molecule has 0 amide bonds. The molecule has 1 aliphatic rings. The molecule has 1 aliphatic heterocycles. The monoisotopic (exact) mass is 353 g/mol. The topological polar surface area (TPSA) is 65.2 Å². The highest BCUT2D eigenvalue weighted by Gasteiger charge is 2.23. The van der Waals surface area contributed by atoms with Crippen LogP contribution >= 0.6 is 0 Å². The van der Waals surface area contributed by atoms with E-state index in [1.54, 1.807) is 0 Å². The van der Waals surface area contributed by atoms with E-state index in [9.17, 15) is 4.79 Å². The van der Waals surface area contributed by atoms with Crippen LogP contribution in [0, 0.1) is 0 Å². The number of para-hydroxylation sites is 2. The van der Waals surface area contributed by atoms with Crippen molar-refractivity contribution < 1.29 is 9.53 Å². The molecule has 0 spiro atoms. The number of hydrogen-bond acceptors (Lipinski definition) is 5. The first kappa shape index (κ1) is 16.8. The summed E-state index contributed by atoms with van der Waals surface area (Å²) in [7, 11) is 1.38. The Morgan fingerprint density at radius 2 is 2.08 bits per heavy atom. The number of hydrogen-bond donors (Lipinski definition) is 0. The molecule has 0 bridgehead atoms. The van der Waals surface area contributed by atoms with Crippen molar-refractivity contribution in [3.63, 3.8) is 0 Å². The molecule has 2 aromatic heterocycles. The third kappa shape index (κ3) is 2.88. The highest BCUT2D eigenvalue weighted by molar-refractivity contribution is 5.87. The SMILES string of the molecule is COC(=O)c1cc2n(n1)CCN(Cc1nc3ccccc3n1C(C)C)C2. The Labute approximate surface area is 152 Å². The second-order valence-electron chi connectivity index (χ2n) is 6.93. The summed E-state index contributed by atoms with van der Waals surface area (Å²) in [4.78, 5) is 18.9. The quantitative estimate of drug-likeness (QED) is 0.675. The smallest absolute Gasteiger partial charge is 0.358 e. The summed E-state index contributed by atoms with van der Waals surface area (Å²) >= 11 is 0. The van der Waals surface area contributed by atoms with Gasteiger partial charge in [0.05, 0.1) is 36.9 Å². The number of carbonyl (C=O) groups is 1. The molecule has 4 rings (SSSR count). The number of fused-ring (bicyclic) bond motifs is 2. The van der Waals surface area contributed by atoms with Crippen molar-refractivity contribution in [3.8, 4) is 0 Å². The minimum absolute atomic E-state index is 0.346. The van der Waals surface area contributed by atoms with Crippen LogP contribution < -0.4 is 0 Å². The van der Waals surface area contributed by atoms with E-state index >= 15 is 0 Å². The van der Waals surface area contributed by atoms with E-state index in [1.807, 2.05) is 16.8 Å². The molecule has 7 nitrogen and oxygen atoms in total. The molecule has 0 saturated carbocycles. The molecular weight excluding hydrogens is 330 g/mol. The minimum Gasteiger partial charge on any atom is -0.464 e. The van der Waals surface area contributed by atoms with Gasteiger partial charge in [0.1, 0.15) is 5.82 Å². The van der Waals surface area contributed by atoms with E-state index in [-0.39, 0.29) is 5.97 Å². The number of aromatic nitrogens is 4. The van der Waals surface area contributed by atoms with E-state index < -0.39 is 0 Å². The van der Waals surface area contributed by atoms with Crippen LogP contribution in [0.5, 0.6) is 0 Å². The van der Waals surface area contributed by atoms with Gasteiger partial charge in [0, 0.05) is 19.1 Å². The van der Waals surface area contributed by atoms with Crippen molar-refractivity contribution in [2.45, 2.75) is 39.5 Å². The van der Waals surface area contributed by atoms with Crippen molar-refractivity contribution >= 4 is 17.0 Å². The second-order valence-corrected chi connectivity index (χ2v) is 6.93. The molecule has 3 heterocycles. The van der Waals surface area contributed by atoms with Gasteiger partial charge in [-0.05, 0) is 32.0 Å². The van der Waals surface area contributed by atoms with Crippen LogP contribution in [0.15, 0.2) is 30.3 Å². The van der Waals surface area contributed by atoms with E-state index in [0.29, 0.717) is 11.7 Å². The Hall–Kier alpha value is -2.67. The summed E-state index contributed by atoms with van der Waals surface area (Å²) in [5.74, 6) is 0.683. The van der Waals surface area contributed by atoms with Gasteiger partial charge in [-0.15, -0.1) is 0 Å². The van der Waals surface area contributed by atoms with Gasteiger partial charge in [-0.25, -0.2) is 9.78 Å². The maximum atomic E-state index is 11.7. The number of methoxy groups -OCH3 is 1. The van der Waals surface area contributed by atoms with Gasteiger partial charge in [0.25, 0.3) is 0 Å². The first-order chi connectivity index (χ1) is 12.6. The lowest BCUT2D eigenvalue weighted by atomic mass is 10.2. The average Bonchev–Trinajstić information content (AvgIpc) is 3.21. The van der Waals surface area contributed by atoms with Gasteiger partial charge in [-0.2, -0.15) is 5.10 Å². The van der Waals surface area contributed by atoms with Gasteiger partial charge in [-0.3, -0.25) is 9.58 Å². The summed E-state index contributed by atoms with van der Waals surface area (Å²) in [6, 6.07) is 10.4. The van der Waals surface area contributed by atoms with Crippen molar-refractivity contribution in [1.29, 1.82) is 0 Å². The highest BCUT2D eigenvalue weighted by atomic mass is 16.5. The molecule has 1 aromatic carbocycles. The number of ether oxygens (including phenoxy) is 1. The molecule has 0 fully saturated rings. The number of rotatable bonds is 4. The Bertz CT molecular complexity index is 956. The molecule has 0 aliphatic carbocycles. The maximum Gasteiger partial charge on any atom is 0.358 e. The Morgan fingerprint density at radius 3 is 2.85 bits per heavy atom. The third-order valence-electron chi connectivity index (χ3n) is 4.82. The zero-order chi connectivity index (χ0) is 18.3. The Balaban J connectivity index is 1.59. The summed E-state index contributed by atoms with van der Waals surface area (Å²) in [5.41, 5.74) is 3.61. The number of esters is 1. The van der Waals surface area contributed by atoms with Gasteiger partial charge in [0.15, 0.2) is 5.69 Å². The lowest BCUT2D eigenvalue weighted by molar-refractivity contribution is 0.0593. The van der Waals surface area contributed by atoms with Crippen LogP contribution in [-0.2, 0) is 24.4 Å². The molecule has 136 valence electrons. The number of nitrogens with zero attached hydrogens (tertiary/aromatic N) is 5. The Kier molecular flexibility index (Phi) is 4.24. The van der Waals surface area contributed by atoms with Crippen molar-refractivity contribution in [2.24, 2.45) is 0 Å². The third-order valence-corrected chi connectivity index (χ3v) is 4.82. The minimum atomic E-state index is -0.389. The zero-order valence-electron chi connectivity index (χ0n) is 15.3. The maximum absolute atomic E-state index is 11.7.